The lowest BCUT2D eigenvalue weighted by atomic mass is 9.53. The second-order valence-electron chi connectivity index (χ2n) is 8.85. The van der Waals surface area contributed by atoms with Crippen LogP contribution >= 0.6 is 0 Å². The van der Waals surface area contributed by atoms with Crippen LogP contribution in [0.1, 0.15) is 38.5 Å². The summed E-state index contributed by atoms with van der Waals surface area (Å²) < 4.78 is 13.0. The van der Waals surface area contributed by atoms with Crippen LogP contribution in [0.4, 0.5) is 9.18 Å². The summed E-state index contributed by atoms with van der Waals surface area (Å²) in [5.41, 5.74) is 0.443. The molecule has 8 nitrogen and oxygen atoms in total. The number of rotatable bonds is 4. The number of halogens is 1. The van der Waals surface area contributed by atoms with Crippen LogP contribution in [0.15, 0.2) is 24.3 Å². The molecule has 3 amide bonds. The number of nitrogens with zero attached hydrogens (tertiary/aromatic N) is 4. The first-order chi connectivity index (χ1) is 14.0. The minimum atomic E-state index is -0.504. The molecule has 1 aromatic carbocycles. The molecule has 4 aliphatic carbocycles. The van der Waals surface area contributed by atoms with Crippen LogP contribution in [0.5, 0.6) is 0 Å². The third kappa shape index (κ3) is 3.73. The summed E-state index contributed by atoms with van der Waals surface area (Å²) in [6, 6.07) is 5.23. The van der Waals surface area contributed by atoms with Crippen molar-refractivity contribution in [2.45, 2.75) is 50.6 Å². The van der Waals surface area contributed by atoms with Gasteiger partial charge in [0.25, 0.3) is 5.91 Å². The first-order valence-corrected chi connectivity index (χ1v) is 10.1. The van der Waals surface area contributed by atoms with Gasteiger partial charge in [-0.05, 0) is 85.8 Å². The molecule has 0 unspecified atom stereocenters. The maximum atomic E-state index is 13.0. The molecule has 29 heavy (non-hydrogen) atoms. The molecule has 0 radical (unpaired) electrons. The number of tetrazole rings is 1. The summed E-state index contributed by atoms with van der Waals surface area (Å²) >= 11 is 0. The molecule has 6 rings (SSSR count). The Morgan fingerprint density at radius 2 is 1.69 bits per heavy atom. The molecule has 2 N–H and O–H groups in total. The second kappa shape index (κ2) is 6.89. The molecule has 4 bridgehead atoms. The second-order valence-corrected chi connectivity index (χ2v) is 8.85. The van der Waals surface area contributed by atoms with Crippen molar-refractivity contribution >= 4 is 11.9 Å². The van der Waals surface area contributed by atoms with Crippen LogP contribution in [0, 0.1) is 23.6 Å². The van der Waals surface area contributed by atoms with Crippen molar-refractivity contribution in [3.8, 4) is 11.4 Å². The Hall–Kier alpha value is -2.84. The maximum Gasteiger partial charge on any atom is 0.321 e. The fraction of sp³-hybridized carbons (Fsp3) is 0.550. The van der Waals surface area contributed by atoms with E-state index in [1.54, 1.807) is 0 Å². The summed E-state index contributed by atoms with van der Waals surface area (Å²) in [4.78, 5) is 25.8. The summed E-state index contributed by atoms with van der Waals surface area (Å²) in [6.45, 7) is -0.220. The van der Waals surface area contributed by atoms with E-state index in [9.17, 15) is 14.0 Å². The zero-order valence-corrected chi connectivity index (χ0v) is 16.0. The molecule has 1 heterocycles. The number of hydrogen-bond donors (Lipinski definition) is 2. The van der Waals surface area contributed by atoms with Gasteiger partial charge in [-0.25, -0.2) is 9.18 Å². The van der Waals surface area contributed by atoms with Crippen molar-refractivity contribution < 1.29 is 14.0 Å². The molecule has 0 atom stereocenters. The van der Waals surface area contributed by atoms with Gasteiger partial charge in [0, 0.05) is 11.1 Å². The number of nitrogens with one attached hydrogen (secondary N) is 2. The summed E-state index contributed by atoms with van der Waals surface area (Å²) in [5.74, 6) is 1.56. The molecule has 2 aromatic rings. The van der Waals surface area contributed by atoms with Crippen LogP contribution in [0.2, 0.25) is 0 Å². The van der Waals surface area contributed by atoms with E-state index >= 15 is 0 Å². The average molecular weight is 398 g/mol. The topological polar surface area (TPSA) is 102 Å². The van der Waals surface area contributed by atoms with E-state index in [4.69, 9.17) is 0 Å². The highest BCUT2D eigenvalue weighted by molar-refractivity contribution is 5.94. The highest BCUT2D eigenvalue weighted by Crippen LogP contribution is 2.55. The molecule has 152 valence electrons. The number of benzene rings is 1. The number of amides is 3. The Balaban J connectivity index is 1.17. The number of hydrogen-bond acceptors (Lipinski definition) is 5. The minimum Gasteiger partial charge on any atom is -0.332 e. The Labute approximate surface area is 167 Å². The van der Waals surface area contributed by atoms with Gasteiger partial charge in [-0.15, -0.1) is 10.2 Å². The van der Waals surface area contributed by atoms with Gasteiger partial charge >= 0.3 is 6.03 Å². The van der Waals surface area contributed by atoms with Crippen molar-refractivity contribution in [3.63, 3.8) is 0 Å². The first kappa shape index (κ1) is 18.2. The Bertz CT molecular complexity index is 905. The van der Waals surface area contributed by atoms with Gasteiger partial charge in [0.1, 0.15) is 12.4 Å². The van der Waals surface area contributed by atoms with Crippen molar-refractivity contribution in [1.29, 1.82) is 0 Å². The third-order valence-electron chi connectivity index (χ3n) is 6.51. The first-order valence-electron chi connectivity index (χ1n) is 10.1. The lowest BCUT2D eigenvalue weighted by Crippen LogP contribution is -2.62. The quantitative estimate of drug-likeness (QED) is 0.823. The molecule has 0 saturated heterocycles. The van der Waals surface area contributed by atoms with Crippen LogP contribution < -0.4 is 10.6 Å². The highest BCUT2D eigenvalue weighted by Gasteiger charge is 2.51. The van der Waals surface area contributed by atoms with Gasteiger partial charge in [0.15, 0.2) is 0 Å². The number of carbonyl (C=O) groups is 2. The van der Waals surface area contributed by atoms with E-state index < -0.39 is 11.9 Å². The molecule has 4 saturated carbocycles. The Morgan fingerprint density at radius 1 is 1.07 bits per heavy atom. The largest absolute Gasteiger partial charge is 0.332 e. The number of aromatic nitrogens is 4. The SMILES string of the molecule is O=C(Cn1nnc(-c2ccc(F)cc2)n1)NC(=O)NC12CC3CC(CC(C3)C1)C2. The van der Waals surface area contributed by atoms with Gasteiger partial charge in [0.2, 0.25) is 5.82 Å². The number of carbonyl (C=O) groups excluding carboxylic acids is 2. The minimum absolute atomic E-state index is 0.152. The predicted molar refractivity (Wildman–Crippen MR) is 101 cm³/mol. The van der Waals surface area contributed by atoms with Gasteiger partial charge < -0.3 is 5.32 Å². The normalized spacial score (nSPS) is 29.6. The molecule has 4 fully saturated rings. The Morgan fingerprint density at radius 3 is 2.31 bits per heavy atom. The van der Waals surface area contributed by atoms with Crippen molar-refractivity contribution in [3.05, 3.63) is 30.1 Å². The lowest BCUT2D eigenvalue weighted by Gasteiger charge is -2.56. The molecule has 0 aliphatic heterocycles. The zero-order chi connectivity index (χ0) is 20.0. The summed E-state index contributed by atoms with van der Waals surface area (Å²) in [7, 11) is 0. The standard InChI is InChI=1S/C20H23FN6O2/c21-16-3-1-15(2-4-16)18-24-26-27(25-18)11-17(28)22-19(29)23-20-8-12-5-13(9-20)7-14(6-12)10-20/h1-4,12-14H,5-11H2,(H2,22,23,28,29). The van der Waals surface area contributed by atoms with Crippen molar-refractivity contribution in [2.24, 2.45) is 17.8 Å². The van der Waals surface area contributed by atoms with E-state index in [1.807, 2.05) is 0 Å². The smallest absolute Gasteiger partial charge is 0.321 e. The van der Waals surface area contributed by atoms with Crippen LogP contribution in [-0.2, 0) is 11.3 Å². The lowest BCUT2D eigenvalue weighted by molar-refractivity contribution is -0.121. The van der Waals surface area contributed by atoms with Crippen molar-refractivity contribution in [2.75, 3.05) is 0 Å². The van der Waals surface area contributed by atoms with E-state index in [0.29, 0.717) is 23.3 Å². The van der Waals surface area contributed by atoms with Gasteiger partial charge in [-0.3, -0.25) is 10.1 Å². The van der Waals surface area contributed by atoms with Crippen LogP contribution in [-0.4, -0.2) is 37.7 Å². The maximum absolute atomic E-state index is 13.0. The Kier molecular flexibility index (Phi) is 4.33. The summed E-state index contributed by atoms with van der Waals surface area (Å²) in [5, 5.41) is 17.3. The third-order valence-corrected chi connectivity index (χ3v) is 6.51. The number of urea groups is 1. The monoisotopic (exact) mass is 398 g/mol. The molecule has 0 spiro atoms. The van der Waals surface area contributed by atoms with Crippen molar-refractivity contribution in [1.82, 2.24) is 30.8 Å². The van der Waals surface area contributed by atoms with Gasteiger partial charge in [-0.1, -0.05) is 0 Å². The number of imide groups is 1. The molecular formula is C20H23FN6O2. The van der Waals surface area contributed by atoms with E-state index in [-0.39, 0.29) is 23.7 Å². The van der Waals surface area contributed by atoms with E-state index in [0.717, 1.165) is 24.1 Å². The highest BCUT2D eigenvalue weighted by atomic mass is 19.1. The molecule has 4 aliphatic rings. The fourth-order valence-corrected chi connectivity index (χ4v) is 5.86. The average Bonchev–Trinajstić information content (AvgIpc) is 3.08. The van der Waals surface area contributed by atoms with Crippen LogP contribution in [0.25, 0.3) is 11.4 Å². The molecule has 9 heteroatoms. The predicted octanol–water partition coefficient (Wildman–Crippen LogP) is 2.27. The molecule has 1 aromatic heterocycles. The van der Waals surface area contributed by atoms with Gasteiger partial charge in [-0.2, -0.15) is 4.80 Å². The fourth-order valence-electron chi connectivity index (χ4n) is 5.86. The van der Waals surface area contributed by atoms with Crippen LogP contribution in [0.3, 0.4) is 0 Å². The van der Waals surface area contributed by atoms with Gasteiger partial charge in [0.05, 0.1) is 0 Å². The molecular weight excluding hydrogens is 375 g/mol. The van der Waals surface area contributed by atoms with E-state index in [1.165, 1.54) is 43.5 Å². The zero-order valence-electron chi connectivity index (χ0n) is 16.0. The summed E-state index contributed by atoms with van der Waals surface area (Å²) in [6.07, 6.45) is 6.92. The van der Waals surface area contributed by atoms with E-state index in [2.05, 4.69) is 26.0 Å².